The highest BCUT2D eigenvalue weighted by Gasteiger charge is 2.18. The van der Waals surface area contributed by atoms with Crippen molar-refractivity contribution in [1.82, 2.24) is 0 Å². The number of carbonyl (C=O) groups is 2. The summed E-state index contributed by atoms with van der Waals surface area (Å²) in [7, 11) is 0. The Labute approximate surface area is 174 Å². The van der Waals surface area contributed by atoms with Crippen molar-refractivity contribution in [2.45, 2.75) is 70.3 Å². The number of hydrogen-bond donors (Lipinski definition) is 1. The molecule has 156 valence electrons. The van der Waals surface area contributed by atoms with Crippen LogP contribution in [0.4, 0.5) is 0 Å². The van der Waals surface area contributed by atoms with Crippen LogP contribution in [-0.4, -0.2) is 18.0 Å². The number of rotatable bonds is 12. The van der Waals surface area contributed by atoms with Gasteiger partial charge in [-0.15, -0.1) is 0 Å². The predicted molar refractivity (Wildman–Crippen MR) is 116 cm³/mol. The molecule has 0 aromatic heterocycles. The molecule has 0 amide bonds. The van der Waals surface area contributed by atoms with Gasteiger partial charge >= 0.3 is 11.9 Å². The van der Waals surface area contributed by atoms with E-state index in [4.69, 9.17) is 10.5 Å². The first-order chi connectivity index (χ1) is 14.1. The van der Waals surface area contributed by atoms with E-state index in [1.165, 1.54) is 11.1 Å². The second-order valence-corrected chi connectivity index (χ2v) is 7.58. The zero-order valence-electron chi connectivity index (χ0n) is 17.4. The summed E-state index contributed by atoms with van der Waals surface area (Å²) >= 11 is 0. The monoisotopic (exact) mass is 395 g/mol. The number of carbonyl (C=O) groups excluding carboxylic acids is 2. The highest BCUT2D eigenvalue weighted by atomic mass is 16.6. The minimum absolute atomic E-state index is 0.249. The fourth-order valence-electron chi connectivity index (χ4n) is 3.45. The number of esters is 2. The molecular weight excluding hydrogens is 362 g/mol. The number of benzene rings is 2. The molecule has 2 N–H and O–H groups in total. The van der Waals surface area contributed by atoms with E-state index in [1.807, 2.05) is 19.1 Å². The third kappa shape index (κ3) is 8.61. The van der Waals surface area contributed by atoms with Gasteiger partial charge in [-0.1, -0.05) is 86.8 Å². The number of unbranched alkanes of at least 4 members (excludes halogenated alkanes) is 2. The number of nitrogens with two attached hydrogens (primary N) is 1. The normalized spacial score (nSPS) is 12.9. The van der Waals surface area contributed by atoms with Crippen molar-refractivity contribution in [2.75, 3.05) is 0 Å². The van der Waals surface area contributed by atoms with Gasteiger partial charge in [0, 0.05) is 6.42 Å². The van der Waals surface area contributed by atoms with Crippen molar-refractivity contribution in [3.63, 3.8) is 0 Å². The molecule has 0 saturated carbocycles. The Morgan fingerprint density at radius 3 is 2.21 bits per heavy atom. The molecule has 29 heavy (non-hydrogen) atoms. The summed E-state index contributed by atoms with van der Waals surface area (Å²) in [4.78, 5) is 23.8. The zero-order valence-corrected chi connectivity index (χ0v) is 17.4. The van der Waals surface area contributed by atoms with Gasteiger partial charge in [0.25, 0.3) is 0 Å². The van der Waals surface area contributed by atoms with Gasteiger partial charge in [-0.3, -0.25) is 4.79 Å². The Kier molecular flexibility index (Phi) is 10.1. The van der Waals surface area contributed by atoms with Gasteiger partial charge in [0.05, 0.1) is 0 Å². The van der Waals surface area contributed by atoms with E-state index in [0.717, 1.165) is 32.1 Å². The van der Waals surface area contributed by atoms with Gasteiger partial charge < -0.3 is 10.5 Å². The molecule has 0 radical (unpaired) electrons. The summed E-state index contributed by atoms with van der Waals surface area (Å²) in [6, 6.07) is 20.3. The van der Waals surface area contributed by atoms with Crippen LogP contribution in [0.15, 0.2) is 60.7 Å². The lowest BCUT2D eigenvalue weighted by molar-refractivity contribution is -0.160. The van der Waals surface area contributed by atoms with Crippen LogP contribution >= 0.6 is 0 Å². The third-order valence-electron chi connectivity index (χ3n) is 5.17. The van der Waals surface area contributed by atoms with Crippen LogP contribution in [0.5, 0.6) is 0 Å². The molecule has 2 aromatic rings. The molecule has 0 bridgehead atoms. The molecule has 2 atom stereocenters. The summed E-state index contributed by atoms with van der Waals surface area (Å²) < 4.78 is 4.89. The third-order valence-corrected chi connectivity index (χ3v) is 5.17. The zero-order chi connectivity index (χ0) is 20.9. The van der Waals surface area contributed by atoms with Gasteiger partial charge in [-0.25, -0.2) is 4.79 Å². The molecule has 4 nitrogen and oxygen atoms in total. The maximum atomic E-state index is 11.9. The molecular formula is C25H33NO3. The maximum Gasteiger partial charge on any atom is 0.330 e. The van der Waals surface area contributed by atoms with Crippen LogP contribution in [0.25, 0.3) is 0 Å². The summed E-state index contributed by atoms with van der Waals surface area (Å²) in [6.07, 6.45) is 6.18. The van der Waals surface area contributed by atoms with Crippen LogP contribution in [0.3, 0.4) is 0 Å². The van der Waals surface area contributed by atoms with Crippen molar-refractivity contribution >= 4 is 11.9 Å². The molecule has 0 fully saturated rings. The first kappa shape index (κ1) is 22.8. The molecule has 0 spiro atoms. The summed E-state index contributed by atoms with van der Waals surface area (Å²) in [6.45, 7) is 2.03. The summed E-state index contributed by atoms with van der Waals surface area (Å²) in [5.74, 6) is -0.672. The minimum Gasteiger partial charge on any atom is -0.392 e. The second-order valence-electron chi connectivity index (χ2n) is 7.58. The lowest BCUT2D eigenvalue weighted by Gasteiger charge is -2.17. The van der Waals surface area contributed by atoms with E-state index in [-0.39, 0.29) is 6.42 Å². The SMILES string of the molecule is CCCCC(N)C(=O)OC(=O)CCCCC(Cc1ccccc1)c1ccccc1. The number of hydrogen-bond acceptors (Lipinski definition) is 4. The maximum absolute atomic E-state index is 11.9. The fraction of sp³-hybridized carbons (Fsp3) is 0.440. The molecule has 0 aliphatic rings. The molecule has 0 saturated heterocycles. The van der Waals surface area contributed by atoms with E-state index in [0.29, 0.717) is 18.8 Å². The van der Waals surface area contributed by atoms with Crippen molar-refractivity contribution < 1.29 is 14.3 Å². The molecule has 2 unspecified atom stereocenters. The molecule has 0 heterocycles. The average Bonchev–Trinajstić information content (AvgIpc) is 2.75. The van der Waals surface area contributed by atoms with E-state index in [2.05, 4.69) is 48.5 Å². The van der Waals surface area contributed by atoms with Crippen molar-refractivity contribution in [3.05, 3.63) is 71.8 Å². The van der Waals surface area contributed by atoms with Crippen molar-refractivity contribution in [1.29, 1.82) is 0 Å². The van der Waals surface area contributed by atoms with Gasteiger partial charge in [-0.2, -0.15) is 0 Å². The van der Waals surface area contributed by atoms with E-state index < -0.39 is 18.0 Å². The molecule has 0 aliphatic heterocycles. The summed E-state index contributed by atoms with van der Waals surface area (Å²) in [5, 5.41) is 0. The van der Waals surface area contributed by atoms with E-state index in [1.54, 1.807) is 0 Å². The van der Waals surface area contributed by atoms with Crippen molar-refractivity contribution in [3.8, 4) is 0 Å². The Morgan fingerprint density at radius 2 is 1.55 bits per heavy atom. The molecule has 2 rings (SSSR count). The van der Waals surface area contributed by atoms with Crippen LogP contribution in [0.1, 0.15) is 68.9 Å². The van der Waals surface area contributed by atoms with Crippen LogP contribution in [-0.2, 0) is 20.7 Å². The second kappa shape index (κ2) is 12.9. The first-order valence-corrected chi connectivity index (χ1v) is 10.7. The van der Waals surface area contributed by atoms with Gasteiger partial charge in [0.15, 0.2) is 0 Å². The fourth-order valence-corrected chi connectivity index (χ4v) is 3.45. The van der Waals surface area contributed by atoms with Crippen LogP contribution < -0.4 is 5.73 Å². The smallest absolute Gasteiger partial charge is 0.330 e. The van der Waals surface area contributed by atoms with E-state index in [9.17, 15) is 9.59 Å². The van der Waals surface area contributed by atoms with Crippen molar-refractivity contribution in [2.24, 2.45) is 5.73 Å². The lowest BCUT2D eigenvalue weighted by Crippen LogP contribution is -2.33. The Hall–Kier alpha value is -2.46. The van der Waals surface area contributed by atoms with E-state index >= 15 is 0 Å². The topological polar surface area (TPSA) is 69.4 Å². The van der Waals surface area contributed by atoms with Gasteiger partial charge in [0.2, 0.25) is 0 Å². The number of ether oxygens (including phenoxy) is 1. The molecule has 4 heteroatoms. The summed E-state index contributed by atoms with van der Waals surface area (Å²) in [5.41, 5.74) is 8.39. The minimum atomic E-state index is -0.702. The van der Waals surface area contributed by atoms with Crippen LogP contribution in [0.2, 0.25) is 0 Å². The Balaban J connectivity index is 1.79. The van der Waals surface area contributed by atoms with Gasteiger partial charge in [0.1, 0.15) is 6.04 Å². The quantitative estimate of drug-likeness (QED) is 0.306. The largest absolute Gasteiger partial charge is 0.392 e. The molecule has 0 aliphatic carbocycles. The Bertz CT molecular complexity index is 730. The highest BCUT2D eigenvalue weighted by molar-refractivity contribution is 5.88. The first-order valence-electron chi connectivity index (χ1n) is 10.7. The Morgan fingerprint density at radius 1 is 0.897 bits per heavy atom. The average molecular weight is 396 g/mol. The lowest BCUT2D eigenvalue weighted by atomic mass is 9.87. The highest BCUT2D eigenvalue weighted by Crippen LogP contribution is 2.26. The predicted octanol–water partition coefficient (Wildman–Crippen LogP) is 5.16. The van der Waals surface area contributed by atoms with Gasteiger partial charge in [-0.05, 0) is 42.7 Å². The molecule has 2 aromatic carbocycles. The van der Waals surface area contributed by atoms with Crippen LogP contribution in [0, 0.1) is 0 Å². The standard InChI is InChI=1S/C25H33NO3/c1-2-3-17-23(26)25(28)29-24(27)18-11-10-16-22(21-14-8-5-9-15-21)19-20-12-6-4-7-13-20/h4-9,12-15,22-23H,2-3,10-11,16-19,26H2,1H3.